The molecule has 17 heavy (non-hydrogen) atoms. The molecule has 0 spiro atoms. The molecule has 90 valence electrons. The van der Waals surface area contributed by atoms with Gasteiger partial charge in [0.2, 0.25) is 0 Å². The van der Waals surface area contributed by atoms with E-state index in [1.807, 2.05) is 0 Å². The number of hydrogen-bond acceptors (Lipinski definition) is 4. The molecule has 0 unspecified atom stereocenters. The third-order valence-electron chi connectivity index (χ3n) is 2.23. The van der Waals surface area contributed by atoms with Crippen LogP contribution in [0.15, 0.2) is 35.5 Å². The molecular formula is C10H10ClN3O2S. The molecule has 1 aromatic carbocycles. The molecule has 1 aromatic heterocycles. The lowest BCUT2D eigenvalue weighted by Crippen LogP contribution is -2.01. The van der Waals surface area contributed by atoms with E-state index in [0.29, 0.717) is 16.4 Å². The van der Waals surface area contributed by atoms with Gasteiger partial charge in [0.25, 0.3) is 0 Å². The van der Waals surface area contributed by atoms with E-state index < -0.39 is 9.84 Å². The first-order valence-electron chi connectivity index (χ1n) is 4.68. The van der Waals surface area contributed by atoms with Crippen LogP contribution >= 0.6 is 11.6 Å². The number of sulfone groups is 1. The number of aromatic nitrogens is 2. The Bertz CT molecular complexity index is 644. The van der Waals surface area contributed by atoms with Crippen molar-refractivity contribution in [1.82, 2.24) is 9.78 Å². The second-order valence-electron chi connectivity index (χ2n) is 3.57. The molecule has 2 N–H and O–H groups in total. The summed E-state index contributed by atoms with van der Waals surface area (Å²) in [5.41, 5.74) is 6.68. The summed E-state index contributed by atoms with van der Waals surface area (Å²) in [5.74, 6) is 0. The van der Waals surface area contributed by atoms with Gasteiger partial charge in [0, 0.05) is 12.5 Å². The Morgan fingerprint density at radius 2 is 2.12 bits per heavy atom. The predicted molar refractivity (Wildman–Crippen MR) is 66.1 cm³/mol. The van der Waals surface area contributed by atoms with Gasteiger partial charge in [0.1, 0.15) is 10.6 Å². The van der Waals surface area contributed by atoms with Gasteiger partial charge in [-0.05, 0) is 12.1 Å². The molecule has 0 aliphatic rings. The fraction of sp³-hybridized carbons (Fsp3) is 0.100. The molecule has 0 aliphatic carbocycles. The Labute approximate surface area is 104 Å². The molecule has 0 bridgehead atoms. The number of hydrogen-bond donors (Lipinski definition) is 1. The third kappa shape index (κ3) is 2.27. The molecule has 7 heteroatoms. The maximum atomic E-state index is 11.3. The third-order valence-corrected chi connectivity index (χ3v) is 3.61. The van der Waals surface area contributed by atoms with Crippen molar-refractivity contribution < 1.29 is 8.42 Å². The topological polar surface area (TPSA) is 78.0 Å². The Balaban J connectivity index is 2.59. The van der Waals surface area contributed by atoms with Crippen molar-refractivity contribution in [1.29, 1.82) is 0 Å². The second-order valence-corrected chi connectivity index (χ2v) is 5.99. The highest BCUT2D eigenvalue weighted by atomic mass is 35.5. The van der Waals surface area contributed by atoms with E-state index in [9.17, 15) is 8.42 Å². The fourth-order valence-corrected chi connectivity index (χ4v) is 2.19. The molecule has 2 aromatic rings. The predicted octanol–water partition coefficient (Wildman–Crippen LogP) is 1.51. The van der Waals surface area contributed by atoms with E-state index in [1.165, 1.54) is 17.1 Å². The minimum absolute atomic E-state index is 0.122. The van der Waals surface area contributed by atoms with Gasteiger partial charge in [-0.3, -0.25) is 0 Å². The number of nitrogens with two attached hydrogens (primary N) is 1. The number of para-hydroxylation sites is 1. The van der Waals surface area contributed by atoms with Crippen molar-refractivity contribution in [3.8, 4) is 5.69 Å². The summed E-state index contributed by atoms with van der Waals surface area (Å²) in [4.78, 5) is 0.122. The average Bonchev–Trinajstić information content (AvgIpc) is 2.65. The number of rotatable bonds is 2. The van der Waals surface area contributed by atoms with Gasteiger partial charge < -0.3 is 5.73 Å². The van der Waals surface area contributed by atoms with Crippen molar-refractivity contribution in [3.05, 3.63) is 35.6 Å². The molecule has 0 atom stereocenters. The number of anilines is 1. The monoisotopic (exact) mass is 271 g/mol. The van der Waals surface area contributed by atoms with Crippen LogP contribution in [0.2, 0.25) is 5.02 Å². The van der Waals surface area contributed by atoms with E-state index in [1.54, 1.807) is 18.2 Å². The zero-order valence-corrected chi connectivity index (χ0v) is 10.5. The smallest absolute Gasteiger partial charge is 0.178 e. The molecule has 0 fully saturated rings. The second kappa shape index (κ2) is 4.05. The highest BCUT2D eigenvalue weighted by Crippen LogP contribution is 2.26. The Hall–Kier alpha value is -1.53. The van der Waals surface area contributed by atoms with Gasteiger partial charge in [-0.1, -0.05) is 17.7 Å². The van der Waals surface area contributed by atoms with Crippen molar-refractivity contribution in [2.75, 3.05) is 12.0 Å². The van der Waals surface area contributed by atoms with Crippen molar-refractivity contribution >= 4 is 27.1 Å². The minimum Gasteiger partial charge on any atom is -0.397 e. The SMILES string of the molecule is CS(=O)(=O)c1cnn(-c2c(N)cccc2Cl)c1. The first-order valence-corrected chi connectivity index (χ1v) is 6.95. The standard InChI is InChI=1S/C10H10ClN3O2S/c1-17(15,16)7-5-13-14(6-7)10-8(11)3-2-4-9(10)12/h2-6H,12H2,1H3. The Morgan fingerprint density at radius 1 is 1.41 bits per heavy atom. The summed E-state index contributed by atoms with van der Waals surface area (Å²) in [6.07, 6.45) is 3.76. The summed E-state index contributed by atoms with van der Waals surface area (Å²) in [6.45, 7) is 0. The van der Waals surface area contributed by atoms with Crippen LogP contribution in [0.1, 0.15) is 0 Å². The van der Waals surface area contributed by atoms with E-state index in [4.69, 9.17) is 17.3 Å². The van der Waals surface area contributed by atoms with Crippen LogP contribution in [-0.4, -0.2) is 24.5 Å². The van der Waals surface area contributed by atoms with Crippen LogP contribution in [-0.2, 0) is 9.84 Å². The van der Waals surface area contributed by atoms with Crippen LogP contribution in [0.25, 0.3) is 5.69 Å². The van der Waals surface area contributed by atoms with Crippen LogP contribution in [0, 0.1) is 0 Å². The zero-order chi connectivity index (χ0) is 12.6. The van der Waals surface area contributed by atoms with Crippen molar-refractivity contribution in [2.24, 2.45) is 0 Å². The number of nitrogens with zero attached hydrogens (tertiary/aromatic N) is 2. The summed E-state index contributed by atoms with van der Waals surface area (Å²) in [5, 5.41) is 4.36. The molecule has 5 nitrogen and oxygen atoms in total. The molecule has 0 radical (unpaired) electrons. The summed E-state index contributed by atoms with van der Waals surface area (Å²) in [7, 11) is -3.28. The molecule has 0 aliphatic heterocycles. The molecule has 0 amide bonds. The van der Waals surface area contributed by atoms with Crippen molar-refractivity contribution in [2.45, 2.75) is 4.90 Å². The van der Waals surface area contributed by atoms with E-state index in [2.05, 4.69) is 5.10 Å². The summed E-state index contributed by atoms with van der Waals surface area (Å²) >= 11 is 6.00. The maximum Gasteiger partial charge on any atom is 0.178 e. The number of nitrogen functional groups attached to an aromatic ring is 1. The van der Waals surface area contributed by atoms with E-state index in [0.717, 1.165) is 6.26 Å². The van der Waals surface area contributed by atoms with E-state index >= 15 is 0 Å². The Kier molecular flexibility index (Phi) is 2.84. The summed E-state index contributed by atoms with van der Waals surface area (Å²) < 4.78 is 24.0. The lowest BCUT2D eigenvalue weighted by molar-refractivity contribution is 0.602. The van der Waals surface area contributed by atoms with Gasteiger partial charge in [0.15, 0.2) is 9.84 Å². The normalized spacial score (nSPS) is 11.6. The van der Waals surface area contributed by atoms with Gasteiger partial charge in [-0.15, -0.1) is 0 Å². The van der Waals surface area contributed by atoms with Crippen LogP contribution in [0.3, 0.4) is 0 Å². The quantitative estimate of drug-likeness (QED) is 0.840. The van der Waals surface area contributed by atoms with E-state index in [-0.39, 0.29) is 4.90 Å². The van der Waals surface area contributed by atoms with Gasteiger partial charge in [-0.25, -0.2) is 13.1 Å². The molecule has 1 heterocycles. The number of halogens is 1. The van der Waals surface area contributed by atoms with Crippen LogP contribution < -0.4 is 5.73 Å². The van der Waals surface area contributed by atoms with Gasteiger partial charge >= 0.3 is 0 Å². The zero-order valence-electron chi connectivity index (χ0n) is 8.96. The summed E-state index contributed by atoms with van der Waals surface area (Å²) in [6, 6.07) is 5.04. The van der Waals surface area contributed by atoms with Gasteiger partial charge in [-0.2, -0.15) is 5.10 Å². The van der Waals surface area contributed by atoms with Crippen molar-refractivity contribution in [3.63, 3.8) is 0 Å². The fourth-order valence-electron chi connectivity index (χ4n) is 1.39. The Morgan fingerprint density at radius 3 is 2.65 bits per heavy atom. The molecule has 0 saturated carbocycles. The highest BCUT2D eigenvalue weighted by molar-refractivity contribution is 7.90. The van der Waals surface area contributed by atoms with Crippen LogP contribution in [0.5, 0.6) is 0 Å². The van der Waals surface area contributed by atoms with Gasteiger partial charge in [0.05, 0.1) is 16.9 Å². The lowest BCUT2D eigenvalue weighted by atomic mass is 10.3. The lowest BCUT2D eigenvalue weighted by Gasteiger charge is -2.06. The first-order chi connectivity index (χ1) is 7.89. The molecular weight excluding hydrogens is 262 g/mol. The van der Waals surface area contributed by atoms with Crippen LogP contribution in [0.4, 0.5) is 5.69 Å². The first kappa shape index (κ1) is 11.9. The largest absolute Gasteiger partial charge is 0.397 e. The number of benzene rings is 1. The minimum atomic E-state index is -3.28. The average molecular weight is 272 g/mol. The highest BCUT2D eigenvalue weighted by Gasteiger charge is 2.13. The molecule has 2 rings (SSSR count). The maximum absolute atomic E-state index is 11.3. The molecule has 0 saturated heterocycles.